The number of hydrogen-bond donors (Lipinski definition) is 1. The third-order valence-corrected chi connectivity index (χ3v) is 5.54. The molecule has 2 fully saturated rings. The van der Waals surface area contributed by atoms with Crippen LogP contribution in [0.3, 0.4) is 0 Å². The molecule has 1 saturated carbocycles. The molecule has 2 bridgehead atoms. The molecule has 96 valence electrons. The second-order valence-corrected chi connectivity index (χ2v) is 6.65. The number of pyridine rings is 1. The Morgan fingerprint density at radius 2 is 2.39 bits per heavy atom. The van der Waals surface area contributed by atoms with E-state index in [2.05, 4.69) is 29.4 Å². The normalized spacial score (nSPS) is 41.9. The molecule has 1 aromatic rings. The van der Waals surface area contributed by atoms with E-state index < -0.39 is 0 Å². The van der Waals surface area contributed by atoms with Crippen molar-refractivity contribution in [3.05, 3.63) is 29.6 Å². The van der Waals surface area contributed by atoms with Crippen molar-refractivity contribution in [2.75, 3.05) is 6.54 Å². The van der Waals surface area contributed by atoms with Crippen LogP contribution in [0.1, 0.15) is 43.9 Å². The molecule has 1 N–H and O–H groups in total. The Balaban J connectivity index is 1.90. The fourth-order valence-corrected chi connectivity index (χ4v) is 5.07. The van der Waals surface area contributed by atoms with Gasteiger partial charge in [0, 0.05) is 17.4 Å². The zero-order valence-electron chi connectivity index (χ0n) is 11.2. The lowest BCUT2D eigenvalue weighted by Crippen LogP contribution is -2.60. The van der Waals surface area contributed by atoms with Crippen molar-refractivity contribution in [1.29, 1.82) is 0 Å². The molecule has 3 aliphatic rings. The van der Waals surface area contributed by atoms with Crippen LogP contribution in [0.15, 0.2) is 18.3 Å². The summed E-state index contributed by atoms with van der Waals surface area (Å²) in [5.41, 5.74) is 3.17. The molecule has 2 nitrogen and oxygen atoms in total. The highest BCUT2D eigenvalue weighted by Gasteiger charge is 2.53. The summed E-state index contributed by atoms with van der Waals surface area (Å²) < 4.78 is 0. The van der Waals surface area contributed by atoms with Crippen molar-refractivity contribution >= 4 is 0 Å². The first kappa shape index (κ1) is 11.0. The molecule has 0 aromatic carbocycles. The number of nitrogens with zero attached hydrogens (tertiary/aromatic N) is 1. The van der Waals surface area contributed by atoms with E-state index >= 15 is 0 Å². The van der Waals surface area contributed by atoms with Crippen molar-refractivity contribution in [3.8, 4) is 0 Å². The first-order chi connectivity index (χ1) is 8.79. The number of aromatic nitrogens is 1. The summed E-state index contributed by atoms with van der Waals surface area (Å²) in [6, 6.07) is 4.46. The van der Waals surface area contributed by atoms with Gasteiger partial charge < -0.3 is 5.32 Å². The summed E-state index contributed by atoms with van der Waals surface area (Å²) in [5, 5.41) is 3.91. The fraction of sp³-hybridized carbons (Fsp3) is 0.688. The smallest absolute Gasteiger partial charge is 0.0486 e. The van der Waals surface area contributed by atoms with Gasteiger partial charge in [0.15, 0.2) is 0 Å². The molecule has 2 heterocycles. The van der Waals surface area contributed by atoms with Gasteiger partial charge in [0.1, 0.15) is 0 Å². The lowest BCUT2D eigenvalue weighted by atomic mass is 9.54. The zero-order chi connectivity index (χ0) is 12.2. The predicted octanol–water partition coefficient (Wildman–Crippen LogP) is 2.88. The Kier molecular flexibility index (Phi) is 2.32. The number of hydrogen-bond acceptors (Lipinski definition) is 2. The Morgan fingerprint density at radius 1 is 1.44 bits per heavy atom. The number of rotatable bonds is 0. The van der Waals surface area contributed by atoms with Crippen molar-refractivity contribution in [1.82, 2.24) is 10.3 Å². The molecule has 2 aliphatic carbocycles. The maximum Gasteiger partial charge on any atom is 0.0486 e. The number of piperidine rings is 1. The molecule has 4 unspecified atom stereocenters. The first-order valence-corrected chi connectivity index (χ1v) is 7.49. The molecule has 0 amide bonds. The van der Waals surface area contributed by atoms with E-state index in [1.807, 2.05) is 6.20 Å². The van der Waals surface area contributed by atoms with Crippen molar-refractivity contribution in [3.63, 3.8) is 0 Å². The Morgan fingerprint density at radius 3 is 3.33 bits per heavy atom. The SMILES string of the molecule is CC1CC2Cc3ncccc3C3(C1)NCCCC23. The Hall–Kier alpha value is -0.890. The van der Waals surface area contributed by atoms with E-state index in [1.165, 1.54) is 49.9 Å². The highest BCUT2D eigenvalue weighted by Crippen LogP contribution is 2.54. The van der Waals surface area contributed by atoms with Crippen molar-refractivity contribution in [2.24, 2.45) is 17.8 Å². The van der Waals surface area contributed by atoms with Gasteiger partial charge in [-0.3, -0.25) is 4.98 Å². The minimum Gasteiger partial charge on any atom is -0.307 e. The summed E-state index contributed by atoms with van der Waals surface area (Å²) in [7, 11) is 0. The summed E-state index contributed by atoms with van der Waals surface area (Å²) in [6.07, 6.45) is 8.68. The van der Waals surface area contributed by atoms with E-state index in [0.717, 1.165) is 17.8 Å². The van der Waals surface area contributed by atoms with Gasteiger partial charge in [0.05, 0.1) is 0 Å². The summed E-state index contributed by atoms with van der Waals surface area (Å²) in [6.45, 7) is 3.62. The number of nitrogens with one attached hydrogen (secondary N) is 1. The van der Waals surface area contributed by atoms with Crippen LogP contribution in [0.2, 0.25) is 0 Å². The van der Waals surface area contributed by atoms with Crippen molar-refractivity contribution in [2.45, 2.75) is 44.6 Å². The monoisotopic (exact) mass is 242 g/mol. The Labute approximate surface area is 109 Å². The lowest BCUT2D eigenvalue weighted by molar-refractivity contribution is 0.00805. The molecule has 0 spiro atoms. The standard InChI is InChI=1S/C16H22N2/c1-11-8-12-9-15-14(5-2-6-17-15)16(10-11)13(12)4-3-7-18-16/h2,5-6,11-13,18H,3-4,7-10H2,1H3. The van der Waals surface area contributed by atoms with Gasteiger partial charge in [0.2, 0.25) is 0 Å². The van der Waals surface area contributed by atoms with E-state index in [4.69, 9.17) is 0 Å². The second-order valence-electron chi connectivity index (χ2n) is 6.65. The van der Waals surface area contributed by atoms with Gasteiger partial charge in [-0.05, 0) is 68.0 Å². The molecule has 18 heavy (non-hydrogen) atoms. The number of fused-ring (bicyclic) bond motifs is 1. The molecule has 4 rings (SSSR count). The largest absolute Gasteiger partial charge is 0.307 e. The fourth-order valence-electron chi connectivity index (χ4n) is 5.07. The van der Waals surface area contributed by atoms with Crippen LogP contribution in [-0.2, 0) is 12.0 Å². The van der Waals surface area contributed by atoms with E-state index in [0.29, 0.717) is 0 Å². The van der Waals surface area contributed by atoms with Gasteiger partial charge in [-0.15, -0.1) is 0 Å². The van der Waals surface area contributed by atoms with Crippen LogP contribution in [-0.4, -0.2) is 11.5 Å². The topological polar surface area (TPSA) is 24.9 Å². The maximum absolute atomic E-state index is 4.67. The van der Waals surface area contributed by atoms with E-state index in [1.54, 1.807) is 0 Å². The molecule has 1 aliphatic heterocycles. The molecule has 0 radical (unpaired) electrons. The highest BCUT2D eigenvalue weighted by atomic mass is 15.0. The van der Waals surface area contributed by atoms with Gasteiger partial charge in [-0.25, -0.2) is 0 Å². The van der Waals surface area contributed by atoms with Gasteiger partial charge in [-0.2, -0.15) is 0 Å². The van der Waals surface area contributed by atoms with Gasteiger partial charge >= 0.3 is 0 Å². The van der Waals surface area contributed by atoms with Crippen LogP contribution < -0.4 is 5.32 Å². The van der Waals surface area contributed by atoms with Crippen molar-refractivity contribution < 1.29 is 0 Å². The minimum absolute atomic E-state index is 0.266. The highest BCUT2D eigenvalue weighted by molar-refractivity contribution is 5.35. The Bertz CT molecular complexity index is 470. The third kappa shape index (κ3) is 1.36. The molecule has 2 heteroatoms. The average molecular weight is 242 g/mol. The molecular weight excluding hydrogens is 220 g/mol. The molecule has 1 saturated heterocycles. The average Bonchev–Trinajstić information content (AvgIpc) is 2.38. The summed E-state index contributed by atoms with van der Waals surface area (Å²) in [4.78, 5) is 4.67. The molecular formula is C16H22N2. The third-order valence-electron chi connectivity index (χ3n) is 5.54. The van der Waals surface area contributed by atoms with Crippen LogP contribution in [0.5, 0.6) is 0 Å². The maximum atomic E-state index is 4.67. The molecule has 1 aromatic heterocycles. The predicted molar refractivity (Wildman–Crippen MR) is 72.2 cm³/mol. The van der Waals surface area contributed by atoms with Crippen LogP contribution in [0.4, 0.5) is 0 Å². The zero-order valence-corrected chi connectivity index (χ0v) is 11.2. The quantitative estimate of drug-likeness (QED) is 0.756. The lowest BCUT2D eigenvalue weighted by Gasteiger charge is -2.57. The second kappa shape index (κ2) is 3.80. The van der Waals surface area contributed by atoms with E-state index in [-0.39, 0.29) is 5.54 Å². The van der Waals surface area contributed by atoms with Gasteiger partial charge in [0.25, 0.3) is 0 Å². The van der Waals surface area contributed by atoms with Crippen LogP contribution in [0, 0.1) is 17.8 Å². The van der Waals surface area contributed by atoms with Crippen LogP contribution in [0.25, 0.3) is 0 Å². The van der Waals surface area contributed by atoms with Crippen LogP contribution >= 0.6 is 0 Å². The molecule has 4 atom stereocenters. The minimum atomic E-state index is 0.266. The first-order valence-electron chi connectivity index (χ1n) is 7.49. The van der Waals surface area contributed by atoms with Gasteiger partial charge in [-0.1, -0.05) is 13.0 Å². The summed E-state index contributed by atoms with van der Waals surface area (Å²) >= 11 is 0. The van der Waals surface area contributed by atoms with E-state index in [9.17, 15) is 0 Å². The summed E-state index contributed by atoms with van der Waals surface area (Å²) in [5.74, 6) is 2.58.